The first-order valence-electron chi connectivity index (χ1n) is 7.57. The largest absolute Gasteiger partial charge is 0.494 e. The van der Waals surface area contributed by atoms with E-state index in [0.29, 0.717) is 22.3 Å². The number of nitrogens with zero attached hydrogens (tertiary/aromatic N) is 1. The maximum absolute atomic E-state index is 13.7. The minimum Gasteiger partial charge on any atom is -0.494 e. The van der Waals surface area contributed by atoms with Crippen molar-refractivity contribution in [3.8, 4) is 5.75 Å². The van der Waals surface area contributed by atoms with E-state index in [-0.39, 0.29) is 18.2 Å². The Balaban J connectivity index is 1.99. The number of halogens is 3. The Bertz CT molecular complexity index is 784. The Morgan fingerprint density at radius 2 is 2.00 bits per heavy atom. The van der Waals surface area contributed by atoms with Gasteiger partial charge in [-0.05, 0) is 43.3 Å². The number of amides is 1. The van der Waals surface area contributed by atoms with E-state index in [0.717, 1.165) is 11.1 Å². The van der Waals surface area contributed by atoms with E-state index in [1.807, 2.05) is 6.92 Å². The number of hydrogen-bond donors (Lipinski definition) is 1. The Morgan fingerprint density at radius 3 is 2.64 bits per heavy atom. The van der Waals surface area contributed by atoms with E-state index in [4.69, 9.17) is 27.9 Å². The molecule has 7 heteroatoms. The molecule has 0 aromatic heterocycles. The third-order valence-corrected chi connectivity index (χ3v) is 4.43. The van der Waals surface area contributed by atoms with Gasteiger partial charge in [0.2, 0.25) is 5.91 Å². The maximum atomic E-state index is 13.7. The molecule has 134 valence electrons. The second kappa shape index (κ2) is 8.52. The van der Waals surface area contributed by atoms with Gasteiger partial charge in [-0.1, -0.05) is 35.3 Å². The zero-order valence-corrected chi connectivity index (χ0v) is 15.7. The molecule has 0 atom stereocenters. The summed E-state index contributed by atoms with van der Waals surface area (Å²) in [6.45, 7) is 2.34. The first-order chi connectivity index (χ1) is 11.8. The molecule has 0 radical (unpaired) electrons. The van der Waals surface area contributed by atoms with Crippen LogP contribution >= 0.6 is 23.2 Å². The van der Waals surface area contributed by atoms with Crippen LogP contribution in [-0.4, -0.2) is 31.5 Å². The number of methoxy groups -OCH3 is 1. The maximum Gasteiger partial charge on any atom is 0.238 e. The molecule has 0 aliphatic heterocycles. The van der Waals surface area contributed by atoms with Crippen LogP contribution in [0.1, 0.15) is 11.1 Å². The summed E-state index contributed by atoms with van der Waals surface area (Å²) in [5.41, 5.74) is 1.96. The first-order valence-corrected chi connectivity index (χ1v) is 8.32. The van der Waals surface area contributed by atoms with Crippen molar-refractivity contribution in [2.75, 3.05) is 26.0 Å². The molecule has 2 rings (SSSR count). The average Bonchev–Trinajstić information content (AvgIpc) is 2.55. The molecule has 0 aliphatic rings. The topological polar surface area (TPSA) is 41.6 Å². The van der Waals surface area contributed by atoms with Crippen molar-refractivity contribution in [3.05, 3.63) is 57.3 Å². The van der Waals surface area contributed by atoms with E-state index < -0.39 is 5.82 Å². The summed E-state index contributed by atoms with van der Waals surface area (Å²) in [5.74, 6) is -0.505. The summed E-state index contributed by atoms with van der Waals surface area (Å²) in [6, 6.07) is 8.17. The number of aryl methyl sites for hydroxylation is 1. The van der Waals surface area contributed by atoms with Gasteiger partial charge in [-0.25, -0.2) is 4.39 Å². The van der Waals surface area contributed by atoms with Gasteiger partial charge in [0.15, 0.2) is 11.6 Å². The molecule has 0 unspecified atom stereocenters. The minimum atomic E-state index is -0.434. The number of rotatable bonds is 6. The zero-order valence-electron chi connectivity index (χ0n) is 14.2. The van der Waals surface area contributed by atoms with Gasteiger partial charge in [0.1, 0.15) is 0 Å². The quantitative estimate of drug-likeness (QED) is 0.795. The van der Waals surface area contributed by atoms with Crippen molar-refractivity contribution < 1.29 is 13.9 Å². The van der Waals surface area contributed by atoms with Crippen LogP contribution in [0.15, 0.2) is 30.3 Å². The Labute approximate surface area is 156 Å². The fraction of sp³-hybridized carbons (Fsp3) is 0.278. The fourth-order valence-electron chi connectivity index (χ4n) is 2.37. The Morgan fingerprint density at radius 1 is 1.28 bits per heavy atom. The normalized spacial score (nSPS) is 10.8. The SMILES string of the molecule is COc1ccc(CN(C)CC(=O)Nc2c(Cl)ccc(C)c2Cl)cc1F. The highest BCUT2D eigenvalue weighted by molar-refractivity contribution is 6.40. The average molecular weight is 385 g/mol. The van der Waals surface area contributed by atoms with Crippen LogP contribution in [0, 0.1) is 12.7 Å². The standard InChI is InChI=1S/C18H19Cl2FN2O2/c1-11-4-6-13(19)18(17(11)20)22-16(24)10-23(2)9-12-5-7-15(25-3)14(21)8-12/h4-8H,9-10H2,1-3H3,(H,22,24). The molecule has 4 nitrogen and oxygen atoms in total. The van der Waals surface area contributed by atoms with Crippen LogP contribution < -0.4 is 10.1 Å². The number of hydrogen-bond acceptors (Lipinski definition) is 3. The van der Waals surface area contributed by atoms with Crippen LogP contribution in [0.25, 0.3) is 0 Å². The van der Waals surface area contributed by atoms with Gasteiger partial charge in [0.05, 0.1) is 29.4 Å². The fourth-order valence-corrected chi connectivity index (χ4v) is 2.84. The molecule has 2 aromatic carbocycles. The second-order valence-corrected chi connectivity index (χ2v) is 6.53. The molecule has 0 heterocycles. The predicted molar refractivity (Wildman–Crippen MR) is 99.1 cm³/mol. The van der Waals surface area contributed by atoms with E-state index >= 15 is 0 Å². The summed E-state index contributed by atoms with van der Waals surface area (Å²) in [4.78, 5) is 14.0. The summed E-state index contributed by atoms with van der Waals surface area (Å²) >= 11 is 12.3. The van der Waals surface area contributed by atoms with Gasteiger partial charge in [0.25, 0.3) is 0 Å². The predicted octanol–water partition coefficient (Wildman–Crippen LogP) is 4.52. The highest BCUT2D eigenvalue weighted by Gasteiger charge is 2.14. The van der Waals surface area contributed by atoms with Crippen molar-refractivity contribution in [1.82, 2.24) is 4.90 Å². The number of ether oxygens (including phenoxy) is 1. The first kappa shape index (κ1) is 19.5. The van der Waals surface area contributed by atoms with Gasteiger partial charge in [-0.15, -0.1) is 0 Å². The molecule has 2 aromatic rings. The lowest BCUT2D eigenvalue weighted by Gasteiger charge is -2.18. The molecular formula is C18H19Cl2FN2O2. The van der Waals surface area contributed by atoms with Gasteiger partial charge in [-0.2, -0.15) is 0 Å². The van der Waals surface area contributed by atoms with Crippen LogP contribution in [0.5, 0.6) is 5.75 Å². The zero-order chi connectivity index (χ0) is 18.6. The van der Waals surface area contributed by atoms with Crippen LogP contribution in [0.4, 0.5) is 10.1 Å². The molecule has 1 N–H and O–H groups in total. The highest BCUT2D eigenvalue weighted by Crippen LogP contribution is 2.32. The van der Waals surface area contributed by atoms with E-state index in [1.54, 1.807) is 36.2 Å². The van der Waals surface area contributed by atoms with Crippen molar-refractivity contribution >= 4 is 34.8 Å². The Hall–Kier alpha value is -1.82. The number of carbonyl (C=O) groups excluding carboxylic acids is 1. The number of likely N-dealkylation sites (N-methyl/N-ethyl adjacent to an activating group) is 1. The molecular weight excluding hydrogens is 366 g/mol. The lowest BCUT2D eigenvalue weighted by atomic mass is 10.2. The summed E-state index contributed by atoms with van der Waals surface area (Å²) in [7, 11) is 3.18. The summed E-state index contributed by atoms with van der Waals surface area (Å²) in [6.07, 6.45) is 0. The van der Waals surface area contributed by atoms with Gasteiger partial charge in [-0.3, -0.25) is 9.69 Å². The van der Waals surface area contributed by atoms with Crippen LogP contribution in [-0.2, 0) is 11.3 Å². The van der Waals surface area contributed by atoms with Gasteiger partial charge >= 0.3 is 0 Å². The molecule has 0 bridgehead atoms. The molecule has 25 heavy (non-hydrogen) atoms. The third kappa shape index (κ3) is 5.08. The van der Waals surface area contributed by atoms with E-state index in [9.17, 15) is 9.18 Å². The number of anilines is 1. The van der Waals surface area contributed by atoms with E-state index in [1.165, 1.54) is 13.2 Å². The van der Waals surface area contributed by atoms with Crippen LogP contribution in [0.3, 0.4) is 0 Å². The second-order valence-electron chi connectivity index (χ2n) is 5.74. The van der Waals surface area contributed by atoms with E-state index in [2.05, 4.69) is 5.32 Å². The van der Waals surface area contributed by atoms with Gasteiger partial charge < -0.3 is 10.1 Å². The summed E-state index contributed by atoms with van der Waals surface area (Å²) < 4.78 is 18.6. The molecule has 0 spiro atoms. The molecule has 1 amide bonds. The van der Waals surface area contributed by atoms with Gasteiger partial charge in [0, 0.05) is 6.54 Å². The highest BCUT2D eigenvalue weighted by atomic mass is 35.5. The smallest absolute Gasteiger partial charge is 0.238 e. The lowest BCUT2D eigenvalue weighted by molar-refractivity contribution is -0.117. The summed E-state index contributed by atoms with van der Waals surface area (Å²) in [5, 5.41) is 3.52. The van der Waals surface area contributed by atoms with Crippen LogP contribution in [0.2, 0.25) is 10.0 Å². The number of benzene rings is 2. The third-order valence-electron chi connectivity index (χ3n) is 3.63. The molecule has 0 fully saturated rings. The van der Waals surface area contributed by atoms with Crippen molar-refractivity contribution in [2.24, 2.45) is 0 Å². The lowest BCUT2D eigenvalue weighted by Crippen LogP contribution is -2.30. The minimum absolute atomic E-state index is 0.105. The van der Waals surface area contributed by atoms with Crippen molar-refractivity contribution in [2.45, 2.75) is 13.5 Å². The van der Waals surface area contributed by atoms with Crippen molar-refractivity contribution in [1.29, 1.82) is 0 Å². The van der Waals surface area contributed by atoms with Crippen molar-refractivity contribution in [3.63, 3.8) is 0 Å². The molecule has 0 saturated heterocycles. The number of nitrogens with one attached hydrogen (secondary N) is 1. The molecule has 0 aliphatic carbocycles. The number of carbonyl (C=O) groups is 1. The molecule has 0 saturated carbocycles. The monoisotopic (exact) mass is 384 g/mol. The Kier molecular flexibility index (Phi) is 6.64.